The topological polar surface area (TPSA) is 59.1 Å². The van der Waals surface area contributed by atoms with Crippen LogP contribution in [0.15, 0.2) is 22.7 Å². The van der Waals surface area contributed by atoms with Gasteiger partial charge in [0.25, 0.3) is 0 Å². The molecular formula is C13H19BrN2O. The second-order valence-electron chi connectivity index (χ2n) is 4.44. The molecule has 0 amide bonds. The highest BCUT2D eigenvalue weighted by Gasteiger charge is 2.04. The highest BCUT2D eigenvalue weighted by molar-refractivity contribution is 9.10. The first kappa shape index (κ1) is 14.0. The predicted molar refractivity (Wildman–Crippen MR) is 74.7 cm³/mol. The molecule has 4 heteroatoms. The van der Waals surface area contributed by atoms with Crippen molar-refractivity contribution in [1.82, 2.24) is 0 Å². The fourth-order valence-electron chi connectivity index (χ4n) is 1.49. The molecule has 0 saturated carbocycles. The smallest absolute Gasteiger partial charge is 0.123 e. The lowest BCUT2D eigenvalue weighted by Gasteiger charge is -2.09. The molecule has 0 atom stereocenters. The van der Waals surface area contributed by atoms with Gasteiger partial charge in [0.05, 0.1) is 6.61 Å². The number of benzene rings is 1. The summed E-state index contributed by atoms with van der Waals surface area (Å²) in [6, 6.07) is 5.49. The third-order valence-corrected chi connectivity index (χ3v) is 3.08. The van der Waals surface area contributed by atoms with Crippen molar-refractivity contribution in [1.29, 1.82) is 5.41 Å². The summed E-state index contributed by atoms with van der Waals surface area (Å²) in [6.07, 6.45) is 2.23. The Morgan fingerprint density at radius 3 is 2.71 bits per heavy atom. The van der Waals surface area contributed by atoms with Crippen LogP contribution >= 0.6 is 15.9 Å². The first-order valence-electron chi connectivity index (χ1n) is 5.77. The molecule has 0 aromatic heterocycles. The molecule has 3 N–H and O–H groups in total. The zero-order valence-corrected chi connectivity index (χ0v) is 11.9. The molecule has 0 aliphatic rings. The maximum Gasteiger partial charge on any atom is 0.123 e. The molecule has 3 nitrogen and oxygen atoms in total. The summed E-state index contributed by atoms with van der Waals surface area (Å²) in [5.41, 5.74) is 6.13. The summed E-state index contributed by atoms with van der Waals surface area (Å²) in [6.45, 7) is 5.14. The zero-order valence-electron chi connectivity index (χ0n) is 10.3. The molecule has 0 radical (unpaired) electrons. The standard InChI is InChI=1S/C13H19BrN2O/c1-9(2)4-3-7-17-10-5-6-11(13(15)16)12(14)8-10/h5-6,8-9H,3-4,7H2,1-2H3,(H3,15,16). The Morgan fingerprint density at radius 1 is 1.47 bits per heavy atom. The molecule has 1 rings (SSSR count). The number of nitrogens with two attached hydrogens (primary N) is 1. The van der Waals surface area contributed by atoms with Gasteiger partial charge in [-0.05, 0) is 52.9 Å². The second kappa shape index (κ2) is 6.64. The van der Waals surface area contributed by atoms with Gasteiger partial charge in [0.1, 0.15) is 11.6 Å². The van der Waals surface area contributed by atoms with Crippen LogP contribution in [0.4, 0.5) is 0 Å². The lowest BCUT2D eigenvalue weighted by atomic mass is 10.1. The minimum Gasteiger partial charge on any atom is -0.494 e. The van der Waals surface area contributed by atoms with E-state index >= 15 is 0 Å². The monoisotopic (exact) mass is 298 g/mol. The predicted octanol–water partition coefficient (Wildman–Crippen LogP) is 3.55. The van der Waals surface area contributed by atoms with E-state index in [9.17, 15) is 0 Å². The second-order valence-corrected chi connectivity index (χ2v) is 5.29. The molecule has 0 heterocycles. The van der Waals surface area contributed by atoms with Gasteiger partial charge < -0.3 is 10.5 Å². The van der Waals surface area contributed by atoms with Crippen LogP contribution in [0.1, 0.15) is 32.3 Å². The van der Waals surface area contributed by atoms with Gasteiger partial charge >= 0.3 is 0 Å². The van der Waals surface area contributed by atoms with Gasteiger partial charge in [-0.3, -0.25) is 5.41 Å². The summed E-state index contributed by atoms with van der Waals surface area (Å²) in [7, 11) is 0. The number of hydrogen-bond donors (Lipinski definition) is 2. The Labute approximate surface area is 111 Å². The summed E-state index contributed by atoms with van der Waals surface area (Å²) in [4.78, 5) is 0. The number of hydrogen-bond acceptors (Lipinski definition) is 2. The first-order valence-corrected chi connectivity index (χ1v) is 6.56. The van der Waals surface area contributed by atoms with Gasteiger partial charge in [0.2, 0.25) is 0 Å². The molecular weight excluding hydrogens is 280 g/mol. The van der Waals surface area contributed by atoms with Gasteiger partial charge in [0, 0.05) is 10.0 Å². The van der Waals surface area contributed by atoms with Crippen LogP contribution in [-0.4, -0.2) is 12.4 Å². The summed E-state index contributed by atoms with van der Waals surface area (Å²) in [5, 5.41) is 7.37. The highest BCUT2D eigenvalue weighted by Crippen LogP contribution is 2.23. The number of amidine groups is 1. The maximum absolute atomic E-state index is 7.37. The Hall–Kier alpha value is -1.03. The van der Waals surface area contributed by atoms with Crippen molar-refractivity contribution in [2.45, 2.75) is 26.7 Å². The first-order chi connectivity index (χ1) is 8.00. The van der Waals surface area contributed by atoms with Crippen LogP contribution in [0.3, 0.4) is 0 Å². The van der Waals surface area contributed by atoms with E-state index in [0.29, 0.717) is 11.5 Å². The Bertz CT molecular complexity index is 391. The van der Waals surface area contributed by atoms with E-state index in [4.69, 9.17) is 15.9 Å². The Kier molecular flexibility index (Phi) is 5.48. The third kappa shape index (κ3) is 4.77. The van der Waals surface area contributed by atoms with Gasteiger partial charge in [-0.1, -0.05) is 13.8 Å². The summed E-state index contributed by atoms with van der Waals surface area (Å²) < 4.78 is 6.43. The Balaban J connectivity index is 2.50. The van der Waals surface area contributed by atoms with Crippen molar-refractivity contribution in [3.05, 3.63) is 28.2 Å². The van der Waals surface area contributed by atoms with Crippen LogP contribution in [0.5, 0.6) is 5.75 Å². The van der Waals surface area contributed by atoms with Crippen LogP contribution in [0.2, 0.25) is 0 Å². The van der Waals surface area contributed by atoms with E-state index in [0.717, 1.165) is 23.2 Å². The molecule has 17 heavy (non-hydrogen) atoms. The molecule has 1 aromatic rings. The number of nitrogens with one attached hydrogen (secondary N) is 1. The molecule has 0 bridgehead atoms. The van der Waals surface area contributed by atoms with E-state index in [-0.39, 0.29) is 5.84 Å². The van der Waals surface area contributed by atoms with E-state index in [2.05, 4.69) is 29.8 Å². The SMILES string of the molecule is CC(C)CCCOc1ccc(C(=N)N)c(Br)c1. The molecule has 94 valence electrons. The van der Waals surface area contributed by atoms with Gasteiger partial charge in [-0.25, -0.2) is 0 Å². The fourth-order valence-corrected chi connectivity index (χ4v) is 2.06. The van der Waals surface area contributed by atoms with Crippen LogP contribution in [-0.2, 0) is 0 Å². The van der Waals surface area contributed by atoms with Crippen molar-refractivity contribution in [2.75, 3.05) is 6.61 Å². The molecule has 0 unspecified atom stereocenters. The van der Waals surface area contributed by atoms with E-state index < -0.39 is 0 Å². The molecule has 0 fully saturated rings. The Morgan fingerprint density at radius 2 is 2.18 bits per heavy atom. The molecule has 1 aromatic carbocycles. The number of ether oxygens (including phenoxy) is 1. The van der Waals surface area contributed by atoms with E-state index in [1.165, 1.54) is 6.42 Å². The quantitative estimate of drug-likeness (QED) is 0.479. The normalized spacial score (nSPS) is 10.6. The molecule has 0 spiro atoms. The van der Waals surface area contributed by atoms with Gasteiger partial charge in [-0.15, -0.1) is 0 Å². The van der Waals surface area contributed by atoms with Crippen molar-refractivity contribution >= 4 is 21.8 Å². The van der Waals surface area contributed by atoms with Crippen LogP contribution < -0.4 is 10.5 Å². The minimum absolute atomic E-state index is 0.0585. The van der Waals surface area contributed by atoms with Crippen molar-refractivity contribution < 1.29 is 4.74 Å². The van der Waals surface area contributed by atoms with Crippen molar-refractivity contribution in [3.8, 4) is 5.75 Å². The van der Waals surface area contributed by atoms with Gasteiger partial charge in [-0.2, -0.15) is 0 Å². The number of rotatable bonds is 6. The lowest BCUT2D eigenvalue weighted by Crippen LogP contribution is -2.11. The molecule has 0 saturated heterocycles. The van der Waals surface area contributed by atoms with Crippen molar-refractivity contribution in [2.24, 2.45) is 11.7 Å². The average Bonchev–Trinajstić information content (AvgIpc) is 2.23. The fraction of sp³-hybridized carbons (Fsp3) is 0.462. The summed E-state index contributed by atoms with van der Waals surface area (Å²) >= 11 is 3.38. The lowest BCUT2D eigenvalue weighted by molar-refractivity contribution is 0.297. The molecule has 0 aliphatic heterocycles. The van der Waals surface area contributed by atoms with Gasteiger partial charge in [0.15, 0.2) is 0 Å². The van der Waals surface area contributed by atoms with E-state index in [1.807, 2.05) is 12.1 Å². The van der Waals surface area contributed by atoms with E-state index in [1.54, 1.807) is 6.07 Å². The average molecular weight is 299 g/mol. The minimum atomic E-state index is 0.0585. The zero-order chi connectivity index (χ0) is 12.8. The number of halogens is 1. The van der Waals surface area contributed by atoms with Crippen molar-refractivity contribution in [3.63, 3.8) is 0 Å². The van der Waals surface area contributed by atoms with Crippen LogP contribution in [0.25, 0.3) is 0 Å². The third-order valence-electron chi connectivity index (χ3n) is 2.43. The number of nitrogen functional groups attached to an aromatic ring is 1. The van der Waals surface area contributed by atoms with Crippen LogP contribution in [0, 0.1) is 11.3 Å². The molecule has 0 aliphatic carbocycles. The maximum atomic E-state index is 7.37. The summed E-state index contributed by atoms with van der Waals surface area (Å²) in [5.74, 6) is 1.58. The highest BCUT2D eigenvalue weighted by atomic mass is 79.9. The largest absolute Gasteiger partial charge is 0.494 e.